The molecule has 3 atom stereocenters. The summed E-state index contributed by atoms with van der Waals surface area (Å²) >= 11 is 0. The molecule has 0 saturated heterocycles. The minimum Gasteiger partial charge on any atom is -0.481 e. The molecule has 6 heteroatoms. The molecule has 0 aromatic heterocycles. The van der Waals surface area contributed by atoms with Gasteiger partial charge < -0.3 is 15.5 Å². The maximum Gasteiger partial charge on any atom is 0.326 e. The van der Waals surface area contributed by atoms with E-state index in [1.807, 2.05) is 0 Å². The molecule has 3 unspecified atom stereocenters. The lowest BCUT2D eigenvalue weighted by Gasteiger charge is -2.12. The van der Waals surface area contributed by atoms with Crippen LogP contribution in [0.1, 0.15) is 19.8 Å². The summed E-state index contributed by atoms with van der Waals surface area (Å²) in [5, 5.41) is 19.7. The number of carbonyl (C=O) groups is 3. The highest BCUT2D eigenvalue weighted by Gasteiger charge is 2.45. The van der Waals surface area contributed by atoms with Gasteiger partial charge in [-0.2, -0.15) is 0 Å². The number of hydrogen-bond donors (Lipinski definition) is 3. The van der Waals surface area contributed by atoms with Gasteiger partial charge >= 0.3 is 11.9 Å². The van der Waals surface area contributed by atoms with Crippen molar-refractivity contribution in [3.05, 3.63) is 0 Å². The Hall–Kier alpha value is -1.59. The Labute approximate surface area is 86.3 Å². The van der Waals surface area contributed by atoms with Crippen LogP contribution in [-0.2, 0) is 14.4 Å². The molecule has 1 rings (SSSR count). The molecule has 3 N–H and O–H groups in total. The fraction of sp³-hybridized carbons (Fsp3) is 0.667. The molecule has 1 aliphatic rings. The largest absolute Gasteiger partial charge is 0.481 e. The van der Waals surface area contributed by atoms with Gasteiger partial charge in [0.1, 0.15) is 6.04 Å². The highest BCUT2D eigenvalue weighted by atomic mass is 16.4. The normalized spacial score (nSPS) is 25.4. The number of carbonyl (C=O) groups excluding carboxylic acids is 1. The van der Waals surface area contributed by atoms with Crippen molar-refractivity contribution < 1.29 is 24.6 Å². The molecule has 0 spiro atoms. The van der Waals surface area contributed by atoms with Crippen molar-refractivity contribution in [3.8, 4) is 0 Å². The van der Waals surface area contributed by atoms with Crippen molar-refractivity contribution in [2.24, 2.45) is 11.8 Å². The van der Waals surface area contributed by atoms with Gasteiger partial charge in [0.05, 0.1) is 5.92 Å². The van der Waals surface area contributed by atoms with Crippen molar-refractivity contribution in [3.63, 3.8) is 0 Å². The van der Waals surface area contributed by atoms with Crippen molar-refractivity contribution in [2.45, 2.75) is 25.8 Å². The van der Waals surface area contributed by atoms with Crippen LogP contribution in [0.3, 0.4) is 0 Å². The molecule has 0 aromatic carbocycles. The Kier molecular flexibility index (Phi) is 3.28. The van der Waals surface area contributed by atoms with Crippen molar-refractivity contribution >= 4 is 17.8 Å². The van der Waals surface area contributed by atoms with E-state index in [0.717, 1.165) is 0 Å². The van der Waals surface area contributed by atoms with Crippen LogP contribution in [0.5, 0.6) is 0 Å². The van der Waals surface area contributed by atoms with Crippen LogP contribution in [0.15, 0.2) is 0 Å². The predicted molar refractivity (Wildman–Crippen MR) is 49.1 cm³/mol. The second kappa shape index (κ2) is 4.29. The summed E-state index contributed by atoms with van der Waals surface area (Å²) in [6, 6.07) is -0.975. The first-order valence-corrected chi connectivity index (χ1v) is 4.64. The summed E-state index contributed by atoms with van der Waals surface area (Å²) in [5.41, 5.74) is 0. The molecule has 0 bridgehead atoms. The van der Waals surface area contributed by atoms with Crippen LogP contribution < -0.4 is 5.32 Å². The molecule has 1 amide bonds. The fourth-order valence-corrected chi connectivity index (χ4v) is 1.58. The Bertz CT molecular complexity index is 301. The van der Waals surface area contributed by atoms with E-state index in [4.69, 9.17) is 10.2 Å². The summed E-state index contributed by atoms with van der Waals surface area (Å²) in [4.78, 5) is 31.9. The zero-order chi connectivity index (χ0) is 11.6. The van der Waals surface area contributed by atoms with Gasteiger partial charge in [0.15, 0.2) is 0 Å². The molecule has 84 valence electrons. The van der Waals surface area contributed by atoms with Crippen molar-refractivity contribution in [2.75, 3.05) is 0 Å². The number of hydrogen-bond acceptors (Lipinski definition) is 3. The number of rotatable bonds is 5. The van der Waals surface area contributed by atoms with E-state index in [-0.39, 0.29) is 12.3 Å². The third-order valence-electron chi connectivity index (χ3n) is 2.45. The van der Waals surface area contributed by atoms with Crippen LogP contribution in [0.25, 0.3) is 0 Å². The number of amides is 1. The maximum absolute atomic E-state index is 10.7. The molecule has 0 radical (unpaired) electrons. The Morgan fingerprint density at radius 2 is 2.00 bits per heavy atom. The van der Waals surface area contributed by atoms with E-state index in [1.165, 1.54) is 6.92 Å². The van der Waals surface area contributed by atoms with Crippen molar-refractivity contribution in [1.82, 2.24) is 5.32 Å². The molecule has 1 saturated carbocycles. The van der Waals surface area contributed by atoms with Crippen molar-refractivity contribution in [1.29, 1.82) is 0 Å². The van der Waals surface area contributed by atoms with Gasteiger partial charge in [-0.25, -0.2) is 4.79 Å². The standard InChI is InChI=1S/C9H13NO5/c1-4(11)10-7(9(14)15)3-5-2-6(5)8(12)13/h5-7H,2-3H2,1H3,(H,10,11)(H,12,13)(H,14,15). The average Bonchev–Trinajstić information content (AvgIpc) is 2.81. The van der Waals surface area contributed by atoms with E-state index < -0.39 is 29.8 Å². The summed E-state index contributed by atoms with van der Waals surface area (Å²) < 4.78 is 0. The second-order valence-electron chi connectivity index (χ2n) is 3.77. The highest BCUT2D eigenvalue weighted by Crippen LogP contribution is 2.42. The number of nitrogens with one attached hydrogen (secondary N) is 1. The quantitative estimate of drug-likeness (QED) is 0.583. The van der Waals surface area contributed by atoms with Crippen LogP contribution in [0.4, 0.5) is 0 Å². The van der Waals surface area contributed by atoms with E-state index in [1.54, 1.807) is 0 Å². The van der Waals surface area contributed by atoms with Gasteiger partial charge in [0.25, 0.3) is 0 Å². The van der Waals surface area contributed by atoms with Crippen LogP contribution in [0, 0.1) is 11.8 Å². The zero-order valence-corrected chi connectivity index (χ0v) is 8.27. The van der Waals surface area contributed by atoms with Gasteiger partial charge in [-0.15, -0.1) is 0 Å². The van der Waals surface area contributed by atoms with Crippen LogP contribution in [-0.4, -0.2) is 34.1 Å². The first-order chi connectivity index (χ1) is 6.91. The molecule has 0 aliphatic heterocycles. The van der Waals surface area contributed by atoms with E-state index in [0.29, 0.717) is 6.42 Å². The van der Waals surface area contributed by atoms with Gasteiger partial charge in [-0.05, 0) is 18.8 Å². The number of aliphatic carboxylic acids is 2. The number of carboxylic acids is 2. The van der Waals surface area contributed by atoms with E-state index in [2.05, 4.69) is 5.32 Å². The fourth-order valence-electron chi connectivity index (χ4n) is 1.58. The summed E-state index contributed by atoms with van der Waals surface area (Å²) in [7, 11) is 0. The average molecular weight is 215 g/mol. The second-order valence-corrected chi connectivity index (χ2v) is 3.77. The lowest BCUT2D eigenvalue weighted by Crippen LogP contribution is -2.40. The molecular formula is C9H13NO5. The molecular weight excluding hydrogens is 202 g/mol. The van der Waals surface area contributed by atoms with E-state index >= 15 is 0 Å². The lowest BCUT2D eigenvalue weighted by atomic mass is 10.1. The molecule has 0 aromatic rings. The van der Waals surface area contributed by atoms with Crippen LogP contribution >= 0.6 is 0 Å². The third-order valence-corrected chi connectivity index (χ3v) is 2.45. The highest BCUT2D eigenvalue weighted by molar-refractivity contribution is 5.82. The van der Waals surface area contributed by atoms with Gasteiger partial charge in [-0.1, -0.05) is 0 Å². The Morgan fingerprint density at radius 3 is 2.33 bits per heavy atom. The van der Waals surface area contributed by atoms with Gasteiger partial charge in [0, 0.05) is 6.92 Å². The van der Waals surface area contributed by atoms with Gasteiger partial charge in [-0.3, -0.25) is 9.59 Å². The molecule has 1 fully saturated rings. The SMILES string of the molecule is CC(=O)NC(CC1CC1C(=O)O)C(=O)O. The molecule has 1 aliphatic carbocycles. The summed E-state index contributed by atoms with van der Waals surface area (Å²) in [6.45, 7) is 1.23. The van der Waals surface area contributed by atoms with E-state index in [9.17, 15) is 14.4 Å². The zero-order valence-electron chi connectivity index (χ0n) is 8.27. The first-order valence-electron chi connectivity index (χ1n) is 4.64. The monoisotopic (exact) mass is 215 g/mol. The predicted octanol–water partition coefficient (Wildman–Crippen LogP) is -0.313. The summed E-state index contributed by atoms with van der Waals surface area (Å²) in [5.74, 6) is -3.01. The third kappa shape index (κ3) is 3.23. The Morgan fingerprint density at radius 1 is 1.40 bits per heavy atom. The summed E-state index contributed by atoms with van der Waals surface area (Å²) in [6.07, 6.45) is 0.685. The van der Waals surface area contributed by atoms with Gasteiger partial charge in [0.2, 0.25) is 5.91 Å². The minimum atomic E-state index is -1.12. The first kappa shape index (κ1) is 11.5. The molecule has 6 nitrogen and oxygen atoms in total. The molecule has 0 heterocycles. The lowest BCUT2D eigenvalue weighted by molar-refractivity contribution is -0.142. The molecule has 15 heavy (non-hydrogen) atoms. The van der Waals surface area contributed by atoms with Crippen LogP contribution in [0.2, 0.25) is 0 Å². The maximum atomic E-state index is 10.7. The number of carboxylic acid groups (broad SMARTS) is 2. The Balaban J connectivity index is 2.43. The smallest absolute Gasteiger partial charge is 0.326 e. The topological polar surface area (TPSA) is 104 Å². The minimum absolute atomic E-state index is 0.129.